The van der Waals surface area contributed by atoms with Crippen LogP contribution < -0.4 is 9.47 Å². The van der Waals surface area contributed by atoms with Crippen LogP contribution in [0, 0.1) is 13.8 Å². The first-order chi connectivity index (χ1) is 8.65. The van der Waals surface area contributed by atoms with Crippen molar-refractivity contribution < 1.29 is 9.47 Å². The average Bonchev–Trinajstić information content (AvgIpc) is 2.38. The molecule has 1 aromatic carbocycles. The maximum atomic E-state index is 5.32. The summed E-state index contributed by atoms with van der Waals surface area (Å²) in [6.07, 6.45) is 0. The van der Waals surface area contributed by atoms with Gasteiger partial charge in [-0.05, 0) is 37.6 Å². The molecular weight excluding hydrogens is 226 g/mol. The van der Waals surface area contributed by atoms with E-state index in [1.165, 1.54) is 0 Å². The summed E-state index contributed by atoms with van der Waals surface area (Å²) in [4.78, 5) is 4.48. The summed E-state index contributed by atoms with van der Waals surface area (Å²) < 4.78 is 10.6. The monoisotopic (exact) mass is 243 g/mol. The number of pyridine rings is 1. The lowest BCUT2D eigenvalue weighted by Crippen LogP contribution is -1.93. The highest BCUT2D eigenvalue weighted by molar-refractivity contribution is 5.69. The summed E-state index contributed by atoms with van der Waals surface area (Å²) in [5.74, 6) is 1.47. The quantitative estimate of drug-likeness (QED) is 0.828. The SMILES string of the molecule is COc1ccc(-c2ccc(C)nc2C)cc1OC. The number of methoxy groups -OCH3 is 2. The Labute approximate surface area is 107 Å². The van der Waals surface area contributed by atoms with E-state index in [1.807, 2.05) is 38.1 Å². The minimum atomic E-state index is 0.731. The zero-order chi connectivity index (χ0) is 13.1. The van der Waals surface area contributed by atoms with Crippen molar-refractivity contribution in [1.29, 1.82) is 0 Å². The molecule has 1 heterocycles. The highest BCUT2D eigenvalue weighted by Gasteiger charge is 2.08. The third-order valence-electron chi connectivity index (χ3n) is 2.92. The molecule has 0 bridgehead atoms. The van der Waals surface area contributed by atoms with Crippen LogP contribution in [0.4, 0.5) is 0 Å². The van der Waals surface area contributed by atoms with Gasteiger partial charge in [-0.25, -0.2) is 0 Å². The van der Waals surface area contributed by atoms with Crippen LogP contribution in [0.2, 0.25) is 0 Å². The van der Waals surface area contributed by atoms with E-state index in [9.17, 15) is 0 Å². The fraction of sp³-hybridized carbons (Fsp3) is 0.267. The number of aromatic nitrogens is 1. The van der Waals surface area contributed by atoms with Crippen molar-refractivity contribution in [2.45, 2.75) is 13.8 Å². The summed E-state index contributed by atoms with van der Waals surface area (Å²) in [7, 11) is 3.28. The van der Waals surface area contributed by atoms with E-state index in [1.54, 1.807) is 14.2 Å². The van der Waals surface area contributed by atoms with E-state index in [2.05, 4.69) is 11.1 Å². The van der Waals surface area contributed by atoms with Gasteiger partial charge < -0.3 is 9.47 Å². The largest absolute Gasteiger partial charge is 0.493 e. The fourth-order valence-corrected chi connectivity index (χ4v) is 2.00. The topological polar surface area (TPSA) is 31.4 Å². The molecule has 0 saturated heterocycles. The Hall–Kier alpha value is -2.03. The van der Waals surface area contributed by atoms with Crippen LogP contribution in [0.3, 0.4) is 0 Å². The smallest absolute Gasteiger partial charge is 0.161 e. The van der Waals surface area contributed by atoms with Gasteiger partial charge in [-0.15, -0.1) is 0 Å². The fourth-order valence-electron chi connectivity index (χ4n) is 2.00. The molecule has 1 aromatic heterocycles. The second kappa shape index (κ2) is 5.08. The number of aryl methyl sites for hydroxylation is 2. The Morgan fingerprint density at radius 1 is 0.889 bits per heavy atom. The molecule has 0 fully saturated rings. The van der Waals surface area contributed by atoms with Crippen LogP contribution in [0.5, 0.6) is 11.5 Å². The van der Waals surface area contributed by atoms with Crippen LogP contribution in [-0.2, 0) is 0 Å². The van der Waals surface area contributed by atoms with Gasteiger partial charge in [-0.3, -0.25) is 4.98 Å². The maximum absolute atomic E-state index is 5.32. The average molecular weight is 243 g/mol. The molecule has 0 atom stereocenters. The van der Waals surface area contributed by atoms with Gasteiger partial charge in [0.1, 0.15) is 0 Å². The third-order valence-corrected chi connectivity index (χ3v) is 2.92. The molecule has 0 unspecified atom stereocenters. The van der Waals surface area contributed by atoms with Gasteiger partial charge in [0.2, 0.25) is 0 Å². The van der Waals surface area contributed by atoms with Gasteiger partial charge in [-0.1, -0.05) is 12.1 Å². The van der Waals surface area contributed by atoms with E-state index in [0.29, 0.717) is 0 Å². The lowest BCUT2D eigenvalue weighted by molar-refractivity contribution is 0.355. The van der Waals surface area contributed by atoms with Gasteiger partial charge in [0.25, 0.3) is 0 Å². The zero-order valence-corrected chi connectivity index (χ0v) is 11.2. The number of benzene rings is 1. The van der Waals surface area contributed by atoms with Crippen molar-refractivity contribution in [3.05, 3.63) is 41.7 Å². The van der Waals surface area contributed by atoms with Crippen molar-refractivity contribution in [3.63, 3.8) is 0 Å². The van der Waals surface area contributed by atoms with E-state index in [-0.39, 0.29) is 0 Å². The number of nitrogens with zero attached hydrogens (tertiary/aromatic N) is 1. The van der Waals surface area contributed by atoms with E-state index < -0.39 is 0 Å². The number of hydrogen-bond acceptors (Lipinski definition) is 3. The van der Waals surface area contributed by atoms with E-state index in [0.717, 1.165) is 34.0 Å². The summed E-state index contributed by atoms with van der Waals surface area (Å²) in [6.45, 7) is 4.00. The van der Waals surface area contributed by atoms with Crippen molar-refractivity contribution in [2.75, 3.05) is 14.2 Å². The molecule has 2 aromatic rings. The minimum absolute atomic E-state index is 0.731. The van der Waals surface area contributed by atoms with Gasteiger partial charge in [0.05, 0.1) is 14.2 Å². The van der Waals surface area contributed by atoms with Gasteiger partial charge in [0.15, 0.2) is 11.5 Å². The van der Waals surface area contributed by atoms with E-state index in [4.69, 9.17) is 9.47 Å². The van der Waals surface area contributed by atoms with Crippen molar-refractivity contribution >= 4 is 0 Å². The minimum Gasteiger partial charge on any atom is -0.493 e. The Morgan fingerprint density at radius 3 is 2.22 bits per heavy atom. The highest BCUT2D eigenvalue weighted by atomic mass is 16.5. The molecule has 0 radical (unpaired) electrons. The molecule has 2 rings (SSSR count). The lowest BCUT2D eigenvalue weighted by atomic mass is 10.0. The summed E-state index contributed by atoms with van der Waals surface area (Å²) in [5.41, 5.74) is 4.23. The normalized spacial score (nSPS) is 10.2. The van der Waals surface area contributed by atoms with Crippen LogP contribution >= 0.6 is 0 Å². The van der Waals surface area contributed by atoms with Crippen LogP contribution in [-0.4, -0.2) is 19.2 Å². The summed E-state index contributed by atoms with van der Waals surface area (Å²) in [6, 6.07) is 9.99. The Kier molecular flexibility index (Phi) is 3.51. The predicted molar refractivity (Wildman–Crippen MR) is 72.3 cm³/mol. The highest BCUT2D eigenvalue weighted by Crippen LogP contribution is 2.33. The molecule has 3 heteroatoms. The van der Waals surface area contributed by atoms with Crippen molar-refractivity contribution in [3.8, 4) is 22.6 Å². The molecule has 18 heavy (non-hydrogen) atoms. The number of rotatable bonds is 3. The first-order valence-electron chi connectivity index (χ1n) is 5.82. The summed E-state index contributed by atoms with van der Waals surface area (Å²) >= 11 is 0. The van der Waals surface area contributed by atoms with Gasteiger partial charge in [-0.2, -0.15) is 0 Å². The molecule has 3 nitrogen and oxygen atoms in total. The molecule has 0 saturated carbocycles. The Balaban J connectivity index is 2.51. The molecular formula is C15H17NO2. The zero-order valence-electron chi connectivity index (χ0n) is 11.2. The van der Waals surface area contributed by atoms with Crippen LogP contribution in [0.1, 0.15) is 11.4 Å². The van der Waals surface area contributed by atoms with Gasteiger partial charge >= 0.3 is 0 Å². The molecule has 0 amide bonds. The van der Waals surface area contributed by atoms with E-state index >= 15 is 0 Å². The Morgan fingerprint density at radius 2 is 1.61 bits per heavy atom. The molecule has 0 aliphatic rings. The Bertz CT molecular complexity index is 564. The van der Waals surface area contributed by atoms with Crippen molar-refractivity contribution in [2.24, 2.45) is 0 Å². The third kappa shape index (κ3) is 2.30. The van der Waals surface area contributed by atoms with Crippen LogP contribution in [0.25, 0.3) is 11.1 Å². The van der Waals surface area contributed by atoms with Crippen LogP contribution in [0.15, 0.2) is 30.3 Å². The maximum Gasteiger partial charge on any atom is 0.161 e. The predicted octanol–water partition coefficient (Wildman–Crippen LogP) is 3.38. The first-order valence-corrected chi connectivity index (χ1v) is 5.82. The lowest BCUT2D eigenvalue weighted by Gasteiger charge is -2.11. The molecule has 0 N–H and O–H groups in total. The molecule has 0 spiro atoms. The van der Waals surface area contributed by atoms with Gasteiger partial charge in [0, 0.05) is 17.0 Å². The number of ether oxygens (including phenoxy) is 2. The summed E-state index contributed by atoms with van der Waals surface area (Å²) in [5, 5.41) is 0. The molecule has 0 aliphatic carbocycles. The van der Waals surface area contributed by atoms with Crippen molar-refractivity contribution in [1.82, 2.24) is 4.98 Å². The number of hydrogen-bond donors (Lipinski definition) is 0. The molecule has 94 valence electrons. The standard InChI is InChI=1S/C15H17NO2/c1-10-5-7-13(11(2)16-10)12-6-8-14(17-3)15(9-12)18-4/h5-9H,1-4H3. The molecule has 0 aliphatic heterocycles. The first kappa shape index (κ1) is 12.4. The second-order valence-electron chi connectivity index (χ2n) is 4.16. The second-order valence-corrected chi connectivity index (χ2v) is 4.16.